The summed E-state index contributed by atoms with van der Waals surface area (Å²) in [5.41, 5.74) is 1.53. The van der Waals surface area contributed by atoms with Crippen molar-refractivity contribution in [2.75, 3.05) is 6.54 Å². The Morgan fingerprint density at radius 2 is 2.11 bits per heavy atom. The van der Waals surface area contributed by atoms with Crippen molar-refractivity contribution in [3.05, 3.63) is 35.4 Å². The van der Waals surface area contributed by atoms with Gasteiger partial charge in [0.1, 0.15) is 0 Å². The first kappa shape index (κ1) is 15.7. The molecule has 1 unspecified atom stereocenters. The molecule has 1 rings (SSSR count). The van der Waals surface area contributed by atoms with Gasteiger partial charge in [0.25, 0.3) is 0 Å². The summed E-state index contributed by atoms with van der Waals surface area (Å²) >= 11 is 0. The van der Waals surface area contributed by atoms with Gasteiger partial charge < -0.3 is 10.4 Å². The monoisotopic (exact) mass is 263 g/mol. The van der Waals surface area contributed by atoms with Crippen LogP contribution in [-0.4, -0.2) is 23.2 Å². The first-order chi connectivity index (χ1) is 8.81. The molecular weight excluding hydrogens is 238 g/mol. The largest absolute Gasteiger partial charge is 0.388 e. The summed E-state index contributed by atoms with van der Waals surface area (Å²) in [4.78, 5) is 11.7. The second-order valence-electron chi connectivity index (χ2n) is 5.78. The van der Waals surface area contributed by atoms with Crippen molar-refractivity contribution in [1.82, 2.24) is 5.32 Å². The molecular formula is C16H25NO2. The first-order valence-electron chi connectivity index (χ1n) is 6.86. The molecule has 0 radical (unpaired) electrons. The fraction of sp³-hybridized carbons (Fsp3) is 0.562. The highest BCUT2D eigenvalue weighted by atomic mass is 16.3. The van der Waals surface area contributed by atoms with Gasteiger partial charge in [-0.05, 0) is 31.7 Å². The molecule has 1 aromatic carbocycles. The van der Waals surface area contributed by atoms with E-state index in [0.717, 1.165) is 6.42 Å². The Bertz CT molecular complexity index is 425. The van der Waals surface area contributed by atoms with Crippen LogP contribution in [0.5, 0.6) is 0 Å². The Hall–Kier alpha value is -1.35. The molecule has 1 atom stereocenters. The fourth-order valence-corrected chi connectivity index (χ4v) is 1.70. The van der Waals surface area contributed by atoms with E-state index in [1.165, 1.54) is 11.1 Å². The Kier molecular flexibility index (Phi) is 5.55. The number of nitrogens with one attached hydrogen (secondary N) is 1. The maximum atomic E-state index is 11.7. The maximum absolute atomic E-state index is 11.7. The van der Waals surface area contributed by atoms with Gasteiger partial charge in [0.15, 0.2) is 0 Å². The van der Waals surface area contributed by atoms with Gasteiger partial charge >= 0.3 is 0 Å². The molecule has 0 aliphatic rings. The zero-order chi connectivity index (χ0) is 14.5. The van der Waals surface area contributed by atoms with Gasteiger partial charge in [0.05, 0.1) is 5.60 Å². The lowest BCUT2D eigenvalue weighted by atomic mass is 9.92. The summed E-state index contributed by atoms with van der Waals surface area (Å²) in [5.74, 6) is 0.104. The molecule has 1 aromatic rings. The van der Waals surface area contributed by atoms with Crippen LogP contribution in [-0.2, 0) is 11.2 Å². The van der Waals surface area contributed by atoms with Crippen LogP contribution in [0.3, 0.4) is 0 Å². The van der Waals surface area contributed by atoms with Crippen molar-refractivity contribution >= 4 is 5.91 Å². The molecule has 0 heterocycles. The second-order valence-corrected chi connectivity index (χ2v) is 5.78. The predicted molar refractivity (Wildman–Crippen MR) is 78.0 cm³/mol. The van der Waals surface area contributed by atoms with Crippen LogP contribution < -0.4 is 5.32 Å². The molecule has 0 aromatic heterocycles. The lowest BCUT2D eigenvalue weighted by Crippen LogP contribution is -2.44. The van der Waals surface area contributed by atoms with Crippen molar-refractivity contribution in [1.29, 1.82) is 0 Å². The summed E-state index contributed by atoms with van der Waals surface area (Å²) < 4.78 is 0. The Balaban J connectivity index is 2.36. The molecule has 0 saturated carbocycles. The normalized spacial score (nSPS) is 14.2. The Morgan fingerprint density at radius 3 is 2.68 bits per heavy atom. The minimum atomic E-state index is -0.848. The molecule has 0 spiro atoms. The zero-order valence-corrected chi connectivity index (χ0v) is 12.4. The molecule has 3 heteroatoms. The maximum Gasteiger partial charge on any atom is 0.220 e. The number of aryl methyl sites for hydroxylation is 2. The van der Waals surface area contributed by atoms with E-state index in [0.29, 0.717) is 13.0 Å². The highest BCUT2D eigenvalue weighted by Gasteiger charge is 2.25. The van der Waals surface area contributed by atoms with Crippen LogP contribution in [0.25, 0.3) is 0 Å². The molecule has 106 valence electrons. The van der Waals surface area contributed by atoms with E-state index in [1.807, 2.05) is 39.0 Å². The summed E-state index contributed by atoms with van der Waals surface area (Å²) in [7, 11) is 0. The Labute approximate surface area is 116 Å². The van der Waals surface area contributed by atoms with Crippen LogP contribution in [0.4, 0.5) is 0 Å². The minimum Gasteiger partial charge on any atom is -0.388 e. The van der Waals surface area contributed by atoms with Crippen LogP contribution in [0, 0.1) is 12.8 Å². The third-order valence-corrected chi connectivity index (χ3v) is 3.61. The lowest BCUT2D eigenvalue weighted by Gasteiger charge is -2.27. The van der Waals surface area contributed by atoms with Gasteiger partial charge in [-0.2, -0.15) is 0 Å². The van der Waals surface area contributed by atoms with E-state index in [1.54, 1.807) is 6.92 Å². The highest BCUT2D eigenvalue weighted by Crippen LogP contribution is 2.14. The number of benzene rings is 1. The van der Waals surface area contributed by atoms with Gasteiger partial charge in [-0.15, -0.1) is 0 Å². The summed E-state index contributed by atoms with van der Waals surface area (Å²) in [6.45, 7) is 7.98. The zero-order valence-electron chi connectivity index (χ0n) is 12.4. The lowest BCUT2D eigenvalue weighted by molar-refractivity contribution is -0.122. The van der Waals surface area contributed by atoms with Crippen LogP contribution in [0.15, 0.2) is 24.3 Å². The number of hydrogen-bond donors (Lipinski definition) is 2. The standard InChI is InChI=1S/C16H25NO2/c1-12(2)16(4,19)11-17-15(18)9-8-14-7-5-6-13(3)10-14/h5-7,10,12,19H,8-9,11H2,1-4H3,(H,17,18). The van der Waals surface area contributed by atoms with E-state index in [9.17, 15) is 9.90 Å². The summed E-state index contributed by atoms with van der Waals surface area (Å²) in [6, 6.07) is 8.18. The topological polar surface area (TPSA) is 49.3 Å². The quantitative estimate of drug-likeness (QED) is 0.828. The van der Waals surface area contributed by atoms with Crippen molar-refractivity contribution in [3.8, 4) is 0 Å². The molecule has 0 fully saturated rings. The van der Waals surface area contributed by atoms with Gasteiger partial charge in [0, 0.05) is 13.0 Å². The van der Waals surface area contributed by atoms with E-state index >= 15 is 0 Å². The number of aliphatic hydroxyl groups is 1. The summed E-state index contributed by atoms with van der Waals surface area (Å²) in [5, 5.41) is 12.8. The molecule has 19 heavy (non-hydrogen) atoms. The number of hydrogen-bond acceptors (Lipinski definition) is 2. The molecule has 2 N–H and O–H groups in total. The molecule has 0 aliphatic heterocycles. The van der Waals surface area contributed by atoms with Gasteiger partial charge in [-0.1, -0.05) is 43.7 Å². The average molecular weight is 263 g/mol. The SMILES string of the molecule is Cc1cccc(CCC(=O)NCC(C)(O)C(C)C)c1. The summed E-state index contributed by atoms with van der Waals surface area (Å²) in [6.07, 6.45) is 1.19. The van der Waals surface area contributed by atoms with Crippen LogP contribution >= 0.6 is 0 Å². The number of rotatable bonds is 6. The molecule has 0 aliphatic carbocycles. The van der Waals surface area contributed by atoms with Crippen LogP contribution in [0.2, 0.25) is 0 Å². The van der Waals surface area contributed by atoms with Crippen molar-refractivity contribution in [2.45, 2.75) is 46.1 Å². The van der Waals surface area contributed by atoms with E-state index in [4.69, 9.17) is 0 Å². The second kappa shape index (κ2) is 6.71. The minimum absolute atomic E-state index is 0.0116. The smallest absolute Gasteiger partial charge is 0.220 e. The van der Waals surface area contributed by atoms with Gasteiger partial charge in [-0.25, -0.2) is 0 Å². The fourth-order valence-electron chi connectivity index (χ4n) is 1.70. The molecule has 0 saturated heterocycles. The van der Waals surface area contributed by atoms with Gasteiger partial charge in [-0.3, -0.25) is 4.79 Å². The number of carbonyl (C=O) groups is 1. The third kappa shape index (κ3) is 5.43. The molecule has 3 nitrogen and oxygen atoms in total. The predicted octanol–water partition coefficient (Wildman–Crippen LogP) is 2.45. The van der Waals surface area contributed by atoms with Gasteiger partial charge in [0.2, 0.25) is 5.91 Å². The van der Waals surface area contributed by atoms with Crippen molar-refractivity contribution < 1.29 is 9.90 Å². The van der Waals surface area contributed by atoms with E-state index in [-0.39, 0.29) is 11.8 Å². The third-order valence-electron chi connectivity index (χ3n) is 3.61. The molecule has 0 bridgehead atoms. The number of carbonyl (C=O) groups excluding carboxylic acids is 1. The first-order valence-corrected chi connectivity index (χ1v) is 6.86. The molecule has 1 amide bonds. The highest BCUT2D eigenvalue weighted by molar-refractivity contribution is 5.76. The number of amides is 1. The van der Waals surface area contributed by atoms with E-state index < -0.39 is 5.60 Å². The van der Waals surface area contributed by atoms with Crippen LogP contribution in [0.1, 0.15) is 38.3 Å². The average Bonchev–Trinajstić information content (AvgIpc) is 2.34. The van der Waals surface area contributed by atoms with Crippen molar-refractivity contribution in [2.24, 2.45) is 5.92 Å². The van der Waals surface area contributed by atoms with Crippen molar-refractivity contribution in [3.63, 3.8) is 0 Å². The van der Waals surface area contributed by atoms with E-state index in [2.05, 4.69) is 11.4 Å². The Morgan fingerprint density at radius 1 is 1.42 bits per heavy atom.